The largest absolute Gasteiger partial charge is 0.480 e. The van der Waals surface area contributed by atoms with Gasteiger partial charge in [0.05, 0.1) is 35.9 Å². The van der Waals surface area contributed by atoms with Gasteiger partial charge in [-0.2, -0.15) is 26.3 Å². The molecule has 1 aliphatic heterocycles. The first-order chi connectivity index (χ1) is 20.5. The van der Waals surface area contributed by atoms with E-state index >= 15 is 0 Å². The van der Waals surface area contributed by atoms with Gasteiger partial charge in [-0.15, -0.1) is 0 Å². The fourth-order valence-corrected chi connectivity index (χ4v) is 5.14. The maximum absolute atomic E-state index is 13.6. The number of halogens is 6. The van der Waals surface area contributed by atoms with E-state index in [-0.39, 0.29) is 31.1 Å². The predicted octanol–water partition coefficient (Wildman–Crippen LogP) is 6.91. The molecule has 7 nitrogen and oxygen atoms in total. The van der Waals surface area contributed by atoms with E-state index in [9.17, 15) is 41.0 Å². The molecule has 4 rings (SSSR count). The maximum Gasteiger partial charge on any atom is 0.416 e. The Hall–Kier alpha value is -4.10. The number of carboxylic acids is 1. The maximum atomic E-state index is 13.6. The molecule has 1 amide bonds. The second-order valence-electron chi connectivity index (χ2n) is 10.8. The van der Waals surface area contributed by atoms with Gasteiger partial charge in [-0.25, -0.2) is 4.79 Å². The predicted molar refractivity (Wildman–Crippen MR) is 146 cm³/mol. The van der Waals surface area contributed by atoms with Gasteiger partial charge in [0.25, 0.3) is 0 Å². The monoisotopic (exact) mass is 624 g/mol. The zero-order chi connectivity index (χ0) is 32.3. The molecule has 236 valence electrons. The first-order valence-electron chi connectivity index (χ1n) is 13.5. The van der Waals surface area contributed by atoms with E-state index in [1.807, 2.05) is 0 Å². The average molecular weight is 625 g/mol. The molecule has 0 radical (unpaired) electrons. The normalized spacial score (nSPS) is 21.5. The number of ether oxygens (including phenoxy) is 2. The van der Waals surface area contributed by atoms with Crippen LogP contribution >= 0.6 is 0 Å². The lowest BCUT2D eigenvalue weighted by Crippen LogP contribution is -2.67. The van der Waals surface area contributed by atoms with Gasteiger partial charge >= 0.3 is 24.4 Å². The third kappa shape index (κ3) is 7.16. The Bertz CT molecular complexity index is 1440. The number of carboxylic acid groups (broad SMARTS) is 1. The SMILES string of the molecule is C[C@@H](OC[C@@]1(c2ccccc2)CC[C@@](N)(C(=O)O)CN1C(=O)OCc1ccccc1)c1cc(C(F)(F)F)cc(C(F)(F)F)c1. The summed E-state index contributed by atoms with van der Waals surface area (Å²) in [6.45, 7) is 0.198. The molecular weight excluding hydrogens is 594 g/mol. The average Bonchev–Trinajstić information content (AvgIpc) is 2.99. The molecule has 3 atom stereocenters. The summed E-state index contributed by atoms with van der Waals surface area (Å²) in [5.74, 6) is -1.36. The van der Waals surface area contributed by atoms with Crippen LogP contribution in [0.15, 0.2) is 78.9 Å². The summed E-state index contributed by atoms with van der Waals surface area (Å²) >= 11 is 0. The third-order valence-electron chi connectivity index (χ3n) is 7.76. The number of likely N-dealkylation sites (tertiary alicyclic amines) is 1. The van der Waals surface area contributed by atoms with Crippen molar-refractivity contribution in [3.8, 4) is 0 Å². The molecule has 1 saturated heterocycles. The van der Waals surface area contributed by atoms with Gasteiger partial charge in [-0.1, -0.05) is 60.7 Å². The van der Waals surface area contributed by atoms with Gasteiger partial charge in [0.1, 0.15) is 12.1 Å². The Morgan fingerprint density at radius 1 is 0.909 bits per heavy atom. The lowest BCUT2D eigenvalue weighted by atomic mass is 9.75. The van der Waals surface area contributed by atoms with Crippen molar-refractivity contribution < 1.29 is 50.5 Å². The van der Waals surface area contributed by atoms with E-state index in [0.29, 0.717) is 23.3 Å². The Labute approximate surface area is 249 Å². The summed E-state index contributed by atoms with van der Waals surface area (Å²) in [5.41, 5.74) is 0.659. The highest BCUT2D eigenvalue weighted by Crippen LogP contribution is 2.43. The molecule has 1 fully saturated rings. The number of rotatable bonds is 8. The quantitative estimate of drug-likeness (QED) is 0.264. The smallest absolute Gasteiger partial charge is 0.416 e. The van der Waals surface area contributed by atoms with E-state index in [2.05, 4.69) is 0 Å². The Morgan fingerprint density at radius 3 is 1.98 bits per heavy atom. The summed E-state index contributed by atoms with van der Waals surface area (Å²) in [6, 6.07) is 18.2. The highest BCUT2D eigenvalue weighted by molar-refractivity contribution is 5.81. The van der Waals surface area contributed by atoms with Crippen LogP contribution in [0.1, 0.15) is 53.7 Å². The van der Waals surface area contributed by atoms with Crippen molar-refractivity contribution in [1.82, 2.24) is 4.90 Å². The summed E-state index contributed by atoms with van der Waals surface area (Å²) in [7, 11) is 0. The molecule has 0 unspecified atom stereocenters. The molecular formula is C31H30F6N2O5. The fourth-order valence-electron chi connectivity index (χ4n) is 5.14. The van der Waals surface area contributed by atoms with Crippen LogP contribution < -0.4 is 5.73 Å². The van der Waals surface area contributed by atoms with Gasteiger partial charge in [0.15, 0.2) is 0 Å². The first kappa shape index (κ1) is 32.8. The number of nitrogens with two attached hydrogens (primary N) is 1. The van der Waals surface area contributed by atoms with Gasteiger partial charge in [0, 0.05) is 0 Å². The van der Waals surface area contributed by atoms with Crippen molar-refractivity contribution in [3.63, 3.8) is 0 Å². The zero-order valence-corrected chi connectivity index (χ0v) is 23.5. The lowest BCUT2D eigenvalue weighted by molar-refractivity contribution is -0.150. The number of aliphatic carboxylic acids is 1. The minimum absolute atomic E-state index is 0.0278. The summed E-state index contributed by atoms with van der Waals surface area (Å²) in [5, 5.41) is 9.88. The molecule has 0 aliphatic carbocycles. The molecule has 3 aromatic rings. The van der Waals surface area contributed by atoms with Crippen molar-refractivity contribution in [2.75, 3.05) is 13.2 Å². The second-order valence-corrected chi connectivity index (χ2v) is 10.8. The van der Waals surface area contributed by atoms with Crippen molar-refractivity contribution in [2.45, 2.75) is 55.9 Å². The van der Waals surface area contributed by atoms with Gasteiger partial charge in [-0.05, 0) is 54.7 Å². The summed E-state index contributed by atoms with van der Waals surface area (Å²) in [4.78, 5) is 26.9. The van der Waals surface area contributed by atoms with Crippen LogP contribution in [-0.4, -0.2) is 40.8 Å². The molecule has 3 aromatic carbocycles. The van der Waals surface area contributed by atoms with E-state index < -0.39 is 65.9 Å². The van der Waals surface area contributed by atoms with E-state index in [0.717, 1.165) is 4.90 Å². The Morgan fingerprint density at radius 2 is 1.45 bits per heavy atom. The topological polar surface area (TPSA) is 102 Å². The number of carbonyl (C=O) groups excluding carboxylic acids is 1. The molecule has 0 spiro atoms. The standard InChI is InChI=1S/C31H30F6N2O5/c1-20(22-14-24(30(32,33)34)16-25(15-22)31(35,36)37)44-19-29(23-10-6-3-7-11-23)13-12-28(38,26(40)41)18-39(29)27(42)43-17-21-8-4-2-5-9-21/h2-11,14-16,20H,12-13,17-19,38H2,1H3,(H,40,41)/t20-,28+,29-/m1/s1. The highest BCUT2D eigenvalue weighted by atomic mass is 19.4. The Kier molecular flexibility index (Phi) is 9.31. The van der Waals surface area contributed by atoms with Gasteiger partial charge < -0.3 is 20.3 Å². The molecule has 1 heterocycles. The first-order valence-corrected chi connectivity index (χ1v) is 13.5. The van der Waals surface area contributed by atoms with Crippen molar-refractivity contribution in [3.05, 3.63) is 107 Å². The molecule has 1 aliphatic rings. The number of nitrogens with zero attached hydrogens (tertiary/aromatic N) is 1. The Balaban J connectivity index is 1.72. The zero-order valence-electron chi connectivity index (χ0n) is 23.5. The van der Waals surface area contributed by atoms with E-state index in [4.69, 9.17) is 15.2 Å². The van der Waals surface area contributed by atoms with Crippen LogP contribution in [0.3, 0.4) is 0 Å². The van der Waals surface area contributed by atoms with Crippen LogP contribution in [0.25, 0.3) is 0 Å². The lowest BCUT2D eigenvalue weighted by Gasteiger charge is -2.51. The van der Waals surface area contributed by atoms with Crippen LogP contribution in [0.4, 0.5) is 31.1 Å². The van der Waals surface area contributed by atoms with Crippen LogP contribution in [-0.2, 0) is 38.8 Å². The number of piperidine rings is 1. The fraction of sp³-hybridized carbons (Fsp3) is 0.355. The number of alkyl halides is 6. The van der Waals surface area contributed by atoms with E-state index in [1.165, 1.54) is 6.92 Å². The summed E-state index contributed by atoms with van der Waals surface area (Å²) < 4.78 is 92.5. The number of benzene rings is 3. The van der Waals surface area contributed by atoms with Gasteiger partial charge in [-0.3, -0.25) is 9.69 Å². The van der Waals surface area contributed by atoms with Crippen molar-refractivity contribution >= 4 is 12.1 Å². The second kappa shape index (κ2) is 12.5. The minimum Gasteiger partial charge on any atom is -0.480 e. The number of hydrogen-bond donors (Lipinski definition) is 2. The molecule has 13 heteroatoms. The number of carbonyl (C=O) groups is 2. The number of amides is 1. The van der Waals surface area contributed by atoms with Crippen molar-refractivity contribution in [2.24, 2.45) is 5.73 Å². The molecule has 3 N–H and O–H groups in total. The number of hydrogen-bond acceptors (Lipinski definition) is 5. The molecule has 44 heavy (non-hydrogen) atoms. The third-order valence-corrected chi connectivity index (χ3v) is 7.76. The van der Waals surface area contributed by atoms with Gasteiger partial charge in [0.2, 0.25) is 0 Å². The van der Waals surface area contributed by atoms with E-state index in [1.54, 1.807) is 60.7 Å². The minimum atomic E-state index is -5.05. The molecule has 0 aromatic heterocycles. The molecule has 0 bridgehead atoms. The van der Waals surface area contributed by atoms with Crippen LogP contribution in [0.5, 0.6) is 0 Å². The van der Waals surface area contributed by atoms with Crippen molar-refractivity contribution in [1.29, 1.82) is 0 Å². The highest BCUT2D eigenvalue weighted by Gasteiger charge is 2.53. The molecule has 0 saturated carbocycles. The van der Waals surface area contributed by atoms with Crippen LogP contribution in [0, 0.1) is 0 Å². The van der Waals surface area contributed by atoms with Crippen LogP contribution in [0.2, 0.25) is 0 Å². The summed E-state index contributed by atoms with van der Waals surface area (Å²) in [6.07, 6.45) is -12.5.